The molecule has 0 aliphatic carbocycles. The van der Waals surface area contributed by atoms with E-state index in [2.05, 4.69) is 45.7 Å². The lowest BCUT2D eigenvalue weighted by molar-refractivity contribution is 0.00117. The zero-order valence-electron chi connectivity index (χ0n) is 18.3. The Labute approximate surface area is 189 Å². The van der Waals surface area contributed by atoms with Crippen molar-refractivity contribution in [2.75, 3.05) is 26.7 Å². The highest BCUT2D eigenvalue weighted by molar-refractivity contribution is 9.10. The molecular weight excluding hydrogens is 440 g/mol. The Morgan fingerprint density at radius 3 is 2.17 bits per heavy atom. The highest BCUT2D eigenvalue weighted by Gasteiger charge is 2.14. The number of ether oxygens (including phenoxy) is 1. The van der Waals surface area contributed by atoms with Crippen molar-refractivity contribution >= 4 is 21.6 Å². The lowest BCUT2D eigenvalue weighted by Crippen LogP contribution is -2.17. The largest absolute Gasteiger partial charge is 0.490 e. The van der Waals surface area contributed by atoms with E-state index in [1.54, 1.807) is 0 Å². The molecule has 0 saturated carbocycles. The number of hydrogen-bond acceptors (Lipinski definition) is 4. The fourth-order valence-corrected chi connectivity index (χ4v) is 2.80. The highest BCUT2D eigenvalue weighted by Crippen LogP contribution is 2.20. The minimum atomic E-state index is -0.365. The maximum absolute atomic E-state index is 5.82. The van der Waals surface area contributed by atoms with E-state index < -0.39 is 0 Å². The Kier molecular flexibility index (Phi) is 9.34. The molecule has 0 spiro atoms. The van der Waals surface area contributed by atoms with Crippen LogP contribution in [0, 0.1) is 0 Å². The van der Waals surface area contributed by atoms with E-state index in [1.165, 1.54) is 0 Å². The molecule has 0 aliphatic heterocycles. The first-order valence-corrected chi connectivity index (χ1v) is 10.8. The minimum absolute atomic E-state index is 0.365. The summed E-state index contributed by atoms with van der Waals surface area (Å²) in [6.07, 6.45) is 6.02. The number of rotatable bonds is 10. The zero-order chi connectivity index (χ0) is 22.0. The predicted molar refractivity (Wildman–Crippen MR) is 129 cm³/mol. The third kappa shape index (κ3) is 8.56. The Balaban J connectivity index is 2.07. The van der Waals surface area contributed by atoms with E-state index in [0.717, 1.165) is 40.2 Å². The van der Waals surface area contributed by atoms with Gasteiger partial charge in [0, 0.05) is 28.7 Å². The lowest BCUT2D eigenvalue weighted by Gasteiger charge is -2.17. The maximum Gasteiger partial charge on any atom is 0.129 e. The smallest absolute Gasteiger partial charge is 0.129 e. The summed E-state index contributed by atoms with van der Waals surface area (Å²) in [5.74, 6) is 0.815. The van der Waals surface area contributed by atoms with Gasteiger partial charge in [0.1, 0.15) is 23.7 Å². The molecule has 30 heavy (non-hydrogen) atoms. The van der Waals surface area contributed by atoms with Gasteiger partial charge in [-0.25, -0.2) is 0 Å². The Morgan fingerprint density at radius 2 is 1.60 bits per heavy atom. The average molecular weight is 471 g/mol. The van der Waals surface area contributed by atoms with Crippen LogP contribution in [0.5, 0.6) is 5.75 Å². The molecule has 0 bridgehead atoms. The molecule has 4 nitrogen and oxygen atoms in total. The molecule has 0 amide bonds. The number of hydrogen-bond donors (Lipinski definition) is 0. The molecule has 0 saturated heterocycles. The first kappa shape index (κ1) is 23.9. The highest BCUT2D eigenvalue weighted by atomic mass is 79.9. The molecule has 0 radical (unpaired) electrons. The van der Waals surface area contributed by atoms with Gasteiger partial charge in [-0.15, -0.1) is 6.58 Å². The van der Waals surface area contributed by atoms with Crippen molar-refractivity contribution in [1.82, 2.24) is 4.90 Å². The second-order valence-electron chi connectivity index (χ2n) is 7.97. The summed E-state index contributed by atoms with van der Waals surface area (Å²) in [7, 11) is 2.06. The van der Waals surface area contributed by atoms with Gasteiger partial charge in [0.05, 0.1) is 0 Å². The molecule has 0 atom stereocenters. The van der Waals surface area contributed by atoms with Crippen molar-refractivity contribution < 1.29 is 9.57 Å². The fourth-order valence-electron chi connectivity index (χ4n) is 2.53. The van der Waals surface area contributed by atoms with E-state index in [0.29, 0.717) is 6.61 Å². The molecule has 0 aromatic heterocycles. The predicted octanol–water partition coefficient (Wildman–Crippen LogP) is 6.07. The quantitative estimate of drug-likeness (QED) is 0.240. The third-order valence-electron chi connectivity index (χ3n) is 4.03. The van der Waals surface area contributed by atoms with Crippen LogP contribution >= 0.6 is 15.9 Å². The molecule has 0 aliphatic rings. The molecule has 160 valence electrons. The van der Waals surface area contributed by atoms with Gasteiger partial charge in [-0.1, -0.05) is 51.4 Å². The van der Waals surface area contributed by atoms with Crippen molar-refractivity contribution in [3.8, 4) is 5.75 Å². The van der Waals surface area contributed by atoms with Crippen LogP contribution in [-0.4, -0.2) is 43.0 Å². The van der Waals surface area contributed by atoms with E-state index in [9.17, 15) is 0 Å². The molecule has 2 aromatic carbocycles. The lowest BCUT2D eigenvalue weighted by atomic mass is 10.0. The number of oxime groups is 1. The molecule has 2 rings (SSSR count). The summed E-state index contributed by atoms with van der Waals surface area (Å²) in [4.78, 5) is 7.88. The van der Waals surface area contributed by atoms with Crippen LogP contribution < -0.4 is 4.74 Å². The van der Waals surface area contributed by atoms with Crippen molar-refractivity contribution in [3.05, 3.63) is 88.9 Å². The molecule has 0 unspecified atom stereocenters. The molecule has 5 heteroatoms. The van der Waals surface area contributed by atoms with Crippen molar-refractivity contribution in [1.29, 1.82) is 0 Å². The Morgan fingerprint density at radius 1 is 1.00 bits per heavy atom. The van der Waals surface area contributed by atoms with Gasteiger partial charge in [0.25, 0.3) is 0 Å². The Hall–Kier alpha value is -2.37. The van der Waals surface area contributed by atoms with Gasteiger partial charge in [0.15, 0.2) is 0 Å². The van der Waals surface area contributed by atoms with Gasteiger partial charge in [-0.3, -0.25) is 4.90 Å². The van der Waals surface area contributed by atoms with E-state index >= 15 is 0 Å². The first-order valence-electron chi connectivity index (χ1n) is 9.98. The van der Waals surface area contributed by atoms with E-state index in [4.69, 9.17) is 9.57 Å². The van der Waals surface area contributed by atoms with Crippen molar-refractivity contribution in [2.24, 2.45) is 5.16 Å². The second kappa shape index (κ2) is 11.7. The van der Waals surface area contributed by atoms with Crippen LogP contribution in [0.3, 0.4) is 0 Å². The monoisotopic (exact) mass is 470 g/mol. The zero-order valence-corrected chi connectivity index (χ0v) is 19.9. The standard InChI is InChI=1S/C25H31BrN2O2/c1-6-17-28(5)18-7-8-19-29-23-15-11-21(12-16-23)24(27-30-25(2,3)4)20-9-13-22(26)14-10-20/h6-16H,1,17-19H2,2-5H3/b8-7+,27-24+. The topological polar surface area (TPSA) is 34.1 Å². The SMILES string of the molecule is C=CCN(C)C/C=C/COc1ccc(/C(=N/OC(C)(C)C)c2ccc(Br)cc2)cc1. The second-order valence-corrected chi connectivity index (χ2v) is 8.88. The van der Waals surface area contributed by atoms with Gasteiger partial charge in [-0.05, 0) is 64.2 Å². The number of nitrogens with zero attached hydrogens (tertiary/aromatic N) is 2. The van der Waals surface area contributed by atoms with E-state index in [-0.39, 0.29) is 5.60 Å². The molecule has 0 fully saturated rings. The summed E-state index contributed by atoms with van der Waals surface area (Å²) < 4.78 is 6.84. The summed E-state index contributed by atoms with van der Waals surface area (Å²) in [5, 5.41) is 4.45. The van der Waals surface area contributed by atoms with Crippen LogP contribution in [0.15, 0.2) is 83.0 Å². The van der Waals surface area contributed by atoms with Gasteiger partial charge >= 0.3 is 0 Å². The van der Waals surface area contributed by atoms with Crippen LogP contribution in [-0.2, 0) is 4.84 Å². The summed E-state index contributed by atoms with van der Waals surface area (Å²) in [5.41, 5.74) is 2.38. The van der Waals surface area contributed by atoms with Crippen LogP contribution in [0.1, 0.15) is 31.9 Å². The summed E-state index contributed by atoms with van der Waals surface area (Å²) in [6, 6.07) is 16.0. The molecule has 0 N–H and O–H groups in total. The van der Waals surface area contributed by atoms with Crippen molar-refractivity contribution in [3.63, 3.8) is 0 Å². The number of benzene rings is 2. The van der Waals surface area contributed by atoms with Crippen LogP contribution in [0.4, 0.5) is 0 Å². The third-order valence-corrected chi connectivity index (χ3v) is 4.56. The van der Waals surface area contributed by atoms with Crippen molar-refractivity contribution in [2.45, 2.75) is 26.4 Å². The Bertz CT molecular complexity index is 850. The van der Waals surface area contributed by atoms with Gasteiger partial charge < -0.3 is 9.57 Å². The first-order chi connectivity index (χ1) is 14.3. The summed E-state index contributed by atoms with van der Waals surface area (Å²) >= 11 is 3.48. The van der Waals surface area contributed by atoms with Crippen LogP contribution in [0.25, 0.3) is 0 Å². The molecule has 2 aromatic rings. The average Bonchev–Trinajstić information content (AvgIpc) is 2.69. The van der Waals surface area contributed by atoms with E-state index in [1.807, 2.05) is 81.5 Å². The number of likely N-dealkylation sites (N-methyl/N-ethyl adjacent to an activating group) is 1. The normalized spacial score (nSPS) is 12.4. The fraction of sp³-hybridized carbons (Fsp3) is 0.320. The number of halogens is 1. The summed E-state index contributed by atoms with van der Waals surface area (Å²) in [6.45, 7) is 12.0. The molecular formula is C25H31BrN2O2. The maximum atomic E-state index is 5.82. The van der Waals surface area contributed by atoms with Crippen LogP contribution in [0.2, 0.25) is 0 Å². The molecule has 0 heterocycles. The van der Waals surface area contributed by atoms with Gasteiger partial charge in [-0.2, -0.15) is 0 Å². The van der Waals surface area contributed by atoms with Gasteiger partial charge in [0.2, 0.25) is 0 Å². The minimum Gasteiger partial charge on any atom is -0.490 e.